The van der Waals surface area contributed by atoms with Crippen LogP contribution in [0.4, 0.5) is 52.7 Å². The maximum absolute atomic E-state index is 13.5. The number of rotatable bonds is 4. The lowest BCUT2D eigenvalue weighted by Crippen LogP contribution is -2.07. The fourth-order valence-electron chi connectivity index (χ4n) is 3.84. The van der Waals surface area contributed by atoms with Crippen molar-refractivity contribution in [3.05, 3.63) is 107 Å². The van der Waals surface area contributed by atoms with Crippen molar-refractivity contribution < 1.29 is 57.4 Å². The van der Waals surface area contributed by atoms with Gasteiger partial charge in [-0.2, -0.15) is 52.7 Å². The van der Waals surface area contributed by atoms with Crippen molar-refractivity contribution >= 4 is 0 Å². The SMILES string of the molecule is FC(F)(F)c1ccc(-c2ccc(C(F)(F)F)cc2Oc2cc(C(F)(F)F)ccc2-c2ccc(C(F)(F)F)cc2)cc1. The molecule has 0 bridgehead atoms. The summed E-state index contributed by atoms with van der Waals surface area (Å²) in [7, 11) is 0. The van der Waals surface area contributed by atoms with Crippen LogP contribution < -0.4 is 4.74 Å². The zero-order valence-corrected chi connectivity index (χ0v) is 20.0. The Hall–Kier alpha value is -4.16. The van der Waals surface area contributed by atoms with E-state index >= 15 is 0 Å². The van der Waals surface area contributed by atoms with Crippen LogP contribution in [0.1, 0.15) is 22.3 Å². The zero-order valence-electron chi connectivity index (χ0n) is 20.0. The highest BCUT2D eigenvalue weighted by Gasteiger charge is 2.34. The largest absolute Gasteiger partial charge is 0.456 e. The molecule has 0 fully saturated rings. The zero-order chi connectivity index (χ0) is 30.4. The summed E-state index contributed by atoms with van der Waals surface area (Å²) in [6.45, 7) is 0. The lowest BCUT2D eigenvalue weighted by molar-refractivity contribution is -0.138. The van der Waals surface area contributed by atoms with Gasteiger partial charge in [0.05, 0.1) is 22.3 Å². The van der Waals surface area contributed by atoms with E-state index < -0.39 is 58.5 Å². The maximum atomic E-state index is 13.5. The average molecular weight is 594 g/mol. The standard InChI is InChI=1S/C28H14F12O/c29-25(30,31)17-5-1-15(2-6-17)21-11-9-19(27(35,36)37)13-23(21)41-24-14-20(28(38,39)40)10-12-22(24)16-3-7-18(8-4-16)26(32,33)34/h1-14H. The Morgan fingerprint density at radius 2 is 0.610 bits per heavy atom. The molecule has 0 aromatic heterocycles. The van der Waals surface area contributed by atoms with Crippen molar-refractivity contribution in [2.45, 2.75) is 24.7 Å². The van der Waals surface area contributed by atoms with E-state index in [9.17, 15) is 52.7 Å². The molecule has 4 aromatic carbocycles. The van der Waals surface area contributed by atoms with Gasteiger partial charge in [-0.15, -0.1) is 0 Å². The molecule has 0 N–H and O–H groups in total. The molecule has 1 nitrogen and oxygen atoms in total. The van der Waals surface area contributed by atoms with E-state index in [0.29, 0.717) is 48.5 Å². The number of ether oxygens (including phenoxy) is 1. The first-order valence-corrected chi connectivity index (χ1v) is 11.3. The fourth-order valence-corrected chi connectivity index (χ4v) is 3.84. The van der Waals surface area contributed by atoms with Gasteiger partial charge in [-0.05, 0) is 59.7 Å². The monoisotopic (exact) mass is 594 g/mol. The molecule has 0 aliphatic rings. The first-order chi connectivity index (χ1) is 18.8. The van der Waals surface area contributed by atoms with Gasteiger partial charge in [0.15, 0.2) is 0 Å². The molecule has 4 aromatic rings. The number of benzene rings is 4. The Balaban J connectivity index is 1.88. The van der Waals surface area contributed by atoms with Gasteiger partial charge in [-0.3, -0.25) is 0 Å². The molecule has 0 aliphatic heterocycles. The lowest BCUT2D eigenvalue weighted by atomic mass is 9.99. The summed E-state index contributed by atoms with van der Waals surface area (Å²) in [5.41, 5.74) is -5.15. The lowest BCUT2D eigenvalue weighted by Gasteiger charge is -2.19. The second-order valence-electron chi connectivity index (χ2n) is 8.67. The van der Waals surface area contributed by atoms with Crippen molar-refractivity contribution in [3.63, 3.8) is 0 Å². The summed E-state index contributed by atoms with van der Waals surface area (Å²) < 4.78 is 165. The highest BCUT2D eigenvalue weighted by atomic mass is 19.4. The van der Waals surface area contributed by atoms with Crippen molar-refractivity contribution in [1.29, 1.82) is 0 Å². The van der Waals surface area contributed by atoms with Gasteiger partial charge in [0, 0.05) is 11.1 Å². The maximum Gasteiger partial charge on any atom is 0.416 e. The number of hydrogen-bond acceptors (Lipinski definition) is 1. The van der Waals surface area contributed by atoms with Crippen LogP contribution in [0.25, 0.3) is 22.3 Å². The average Bonchev–Trinajstić information content (AvgIpc) is 2.87. The first-order valence-electron chi connectivity index (χ1n) is 11.3. The van der Waals surface area contributed by atoms with Crippen LogP contribution in [-0.4, -0.2) is 0 Å². The van der Waals surface area contributed by atoms with E-state index in [4.69, 9.17) is 4.74 Å². The quantitative estimate of drug-likeness (QED) is 0.214. The molecule has 41 heavy (non-hydrogen) atoms. The molecule has 0 aliphatic carbocycles. The van der Waals surface area contributed by atoms with Crippen LogP contribution in [0, 0.1) is 0 Å². The summed E-state index contributed by atoms with van der Waals surface area (Å²) in [5.74, 6) is -1.32. The summed E-state index contributed by atoms with van der Waals surface area (Å²) in [6.07, 6.45) is -19.3. The summed E-state index contributed by atoms with van der Waals surface area (Å²) in [6, 6.07) is 10.3. The molecule has 216 valence electrons. The van der Waals surface area contributed by atoms with Gasteiger partial charge >= 0.3 is 24.7 Å². The fraction of sp³-hybridized carbons (Fsp3) is 0.143. The Morgan fingerprint density at radius 3 is 0.878 bits per heavy atom. The third-order valence-corrected chi connectivity index (χ3v) is 5.88. The molecule has 0 saturated heterocycles. The minimum absolute atomic E-state index is 0.0511. The van der Waals surface area contributed by atoms with E-state index in [2.05, 4.69) is 0 Å². The second-order valence-corrected chi connectivity index (χ2v) is 8.67. The molecule has 0 saturated carbocycles. The molecule has 13 heteroatoms. The molecule has 0 unspecified atom stereocenters. The second kappa shape index (κ2) is 10.3. The molecule has 0 spiro atoms. The van der Waals surface area contributed by atoms with Gasteiger partial charge in [-0.25, -0.2) is 0 Å². The Bertz CT molecular complexity index is 1410. The van der Waals surface area contributed by atoms with Crippen molar-refractivity contribution in [3.8, 4) is 33.8 Å². The number of hydrogen-bond donors (Lipinski definition) is 0. The molecular formula is C28H14F12O. The van der Waals surface area contributed by atoms with Gasteiger partial charge in [-0.1, -0.05) is 36.4 Å². The third kappa shape index (κ3) is 6.77. The number of halogens is 12. The van der Waals surface area contributed by atoms with Gasteiger partial charge in [0.25, 0.3) is 0 Å². The predicted octanol–water partition coefficient (Wildman–Crippen LogP) is 10.9. The van der Waals surface area contributed by atoms with Crippen molar-refractivity contribution in [2.24, 2.45) is 0 Å². The van der Waals surface area contributed by atoms with Crippen molar-refractivity contribution in [1.82, 2.24) is 0 Å². The van der Waals surface area contributed by atoms with Crippen LogP contribution in [0.15, 0.2) is 84.9 Å². The van der Waals surface area contributed by atoms with Gasteiger partial charge < -0.3 is 4.74 Å². The Labute approximate surface area is 223 Å². The molecule has 0 amide bonds. The summed E-state index contributed by atoms with van der Waals surface area (Å²) >= 11 is 0. The molecular weight excluding hydrogens is 580 g/mol. The van der Waals surface area contributed by atoms with Crippen LogP contribution in [-0.2, 0) is 24.7 Å². The third-order valence-electron chi connectivity index (χ3n) is 5.88. The smallest absolute Gasteiger partial charge is 0.416 e. The highest BCUT2D eigenvalue weighted by Crippen LogP contribution is 2.44. The molecule has 0 atom stereocenters. The van der Waals surface area contributed by atoms with Crippen LogP contribution in [0.2, 0.25) is 0 Å². The van der Waals surface area contributed by atoms with E-state index in [-0.39, 0.29) is 22.3 Å². The summed E-state index contributed by atoms with van der Waals surface area (Å²) in [4.78, 5) is 0. The molecule has 0 heterocycles. The summed E-state index contributed by atoms with van der Waals surface area (Å²) in [5, 5.41) is 0. The minimum Gasteiger partial charge on any atom is -0.456 e. The van der Waals surface area contributed by atoms with Gasteiger partial charge in [0.2, 0.25) is 0 Å². The highest BCUT2D eigenvalue weighted by molar-refractivity contribution is 5.75. The van der Waals surface area contributed by atoms with Crippen LogP contribution in [0.5, 0.6) is 11.5 Å². The first kappa shape index (κ1) is 29.8. The van der Waals surface area contributed by atoms with E-state index in [0.717, 1.165) is 36.4 Å². The van der Waals surface area contributed by atoms with E-state index in [1.54, 1.807) is 0 Å². The van der Waals surface area contributed by atoms with Crippen molar-refractivity contribution in [2.75, 3.05) is 0 Å². The Morgan fingerprint density at radius 1 is 0.341 bits per heavy atom. The Kier molecular flexibility index (Phi) is 7.52. The van der Waals surface area contributed by atoms with Crippen LogP contribution >= 0.6 is 0 Å². The topological polar surface area (TPSA) is 9.23 Å². The van der Waals surface area contributed by atoms with E-state index in [1.807, 2.05) is 0 Å². The normalized spacial score (nSPS) is 12.9. The van der Waals surface area contributed by atoms with Crippen LogP contribution in [0.3, 0.4) is 0 Å². The van der Waals surface area contributed by atoms with E-state index in [1.165, 1.54) is 0 Å². The molecule has 4 rings (SSSR count). The predicted molar refractivity (Wildman–Crippen MR) is 124 cm³/mol. The minimum atomic E-state index is -4.93. The number of alkyl halides is 12. The van der Waals surface area contributed by atoms with Gasteiger partial charge in [0.1, 0.15) is 11.5 Å². The molecule has 0 radical (unpaired) electrons.